The topological polar surface area (TPSA) is 63.4 Å². The molecule has 4 aromatic rings. The first-order valence-electron chi connectivity index (χ1n) is 11.4. The van der Waals surface area contributed by atoms with Crippen LogP contribution in [0.2, 0.25) is 0 Å². The summed E-state index contributed by atoms with van der Waals surface area (Å²) in [5.74, 6) is 0.802. The Bertz CT molecular complexity index is 1260. The van der Waals surface area contributed by atoms with E-state index in [2.05, 4.69) is 21.0 Å². The molecule has 2 fully saturated rings. The number of rotatable bonds is 3. The molecule has 1 saturated heterocycles. The van der Waals surface area contributed by atoms with Crippen molar-refractivity contribution >= 4 is 22.9 Å². The molecule has 2 aliphatic rings. The van der Waals surface area contributed by atoms with Crippen LogP contribution in [0.1, 0.15) is 48.9 Å². The summed E-state index contributed by atoms with van der Waals surface area (Å²) < 4.78 is 1.76. The fraction of sp³-hybridized carbons (Fsp3) is 0.360. The Labute approximate surface area is 190 Å². The van der Waals surface area contributed by atoms with Crippen molar-refractivity contribution in [2.24, 2.45) is 5.92 Å². The summed E-state index contributed by atoms with van der Waals surface area (Å²) >= 11 is 1.66. The molecular weight excluding hydrogens is 418 g/mol. The Kier molecular flexibility index (Phi) is 4.98. The number of hydrogen-bond donors (Lipinski definition) is 0. The van der Waals surface area contributed by atoms with E-state index in [0.717, 1.165) is 46.9 Å². The van der Waals surface area contributed by atoms with Crippen molar-refractivity contribution in [3.05, 3.63) is 59.9 Å². The van der Waals surface area contributed by atoms with Crippen molar-refractivity contribution < 1.29 is 4.79 Å². The fourth-order valence-corrected chi connectivity index (χ4v) is 6.06. The van der Waals surface area contributed by atoms with E-state index in [4.69, 9.17) is 4.98 Å². The number of carbonyl (C=O) groups excluding carboxylic acids is 1. The van der Waals surface area contributed by atoms with Crippen LogP contribution in [-0.2, 0) is 0 Å². The predicted molar refractivity (Wildman–Crippen MR) is 126 cm³/mol. The minimum atomic E-state index is 0.133. The molecular formula is C25H25N5OS. The van der Waals surface area contributed by atoms with Gasteiger partial charge in [-0.1, -0.05) is 18.9 Å². The summed E-state index contributed by atoms with van der Waals surface area (Å²) in [6.45, 7) is 0.861. The summed E-state index contributed by atoms with van der Waals surface area (Å²) in [5, 5.41) is 6.51. The number of likely N-dealkylation sites (tertiary alicyclic amines) is 1. The van der Waals surface area contributed by atoms with Gasteiger partial charge in [0.1, 0.15) is 0 Å². The standard InChI is InChI=1S/C25H25N5OS/c31-25(29-12-3-6-17-5-1-2-7-22(17)29)18-9-11-26-21(15-18)19-16-27-30-13-10-20(28-24(19)30)23-8-4-14-32-23/h4,8-11,13-17,22H,1-3,5-7,12H2/t17-,22-/m0/s1. The monoisotopic (exact) mass is 443 g/mol. The van der Waals surface area contributed by atoms with Crippen LogP contribution in [0.5, 0.6) is 0 Å². The Morgan fingerprint density at radius 2 is 1.97 bits per heavy atom. The number of fused-ring (bicyclic) bond motifs is 2. The molecule has 4 aromatic heterocycles. The summed E-state index contributed by atoms with van der Waals surface area (Å²) in [7, 11) is 0. The molecule has 1 amide bonds. The lowest BCUT2D eigenvalue weighted by molar-refractivity contribution is 0.0390. The molecule has 1 aliphatic carbocycles. The van der Waals surface area contributed by atoms with Gasteiger partial charge in [-0.2, -0.15) is 5.10 Å². The second-order valence-electron chi connectivity index (χ2n) is 8.80. The molecule has 1 saturated carbocycles. The summed E-state index contributed by atoms with van der Waals surface area (Å²) in [4.78, 5) is 26.2. The van der Waals surface area contributed by atoms with E-state index < -0.39 is 0 Å². The van der Waals surface area contributed by atoms with E-state index in [1.807, 2.05) is 35.8 Å². The Morgan fingerprint density at radius 1 is 1.06 bits per heavy atom. The molecule has 5 heterocycles. The van der Waals surface area contributed by atoms with E-state index in [-0.39, 0.29) is 5.91 Å². The molecule has 2 atom stereocenters. The van der Waals surface area contributed by atoms with Crippen molar-refractivity contribution in [2.75, 3.05) is 6.54 Å². The van der Waals surface area contributed by atoms with Gasteiger partial charge in [-0.25, -0.2) is 9.50 Å². The van der Waals surface area contributed by atoms with Crippen molar-refractivity contribution in [1.82, 2.24) is 24.5 Å². The average Bonchev–Trinajstić information content (AvgIpc) is 3.53. The highest BCUT2D eigenvalue weighted by Gasteiger charge is 2.36. The average molecular weight is 444 g/mol. The third-order valence-electron chi connectivity index (χ3n) is 6.93. The Morgan fingerprint density at radius 3 is 2.88 bits per heavy atom. The van der Waals surface area contributed by atoms with E-state index in [1.54, 1.807) is 28.2 Å². The maximum absolute atomic E-state index is 13.5. The van der Waals surface area contributed by atoms with E-state index in [1.165, 1.54) is 25.7 Å². The van der Waals surface area contributed by atoms with Crippen LogP contribution < -0.4 is 0 Å². The number of amides is 1. The van der Waals surface area contributed by atoms with Crippen LogP contribution in [0.15, 0.2) is 54.3 Å². The van der Waals surface area contributed by atoms with E-state index in [9.17, 15) is 4.79 Å². The minimum absolute atomic E-state index is 0.133. The highest BCUT2D eigenvalue weighted by molar-refractivity contribution is 7.13. The number of aromatic nitrogens is 4. The van der Waals surface area contributed by atoms with Gasteiger partial charge in [-0.15, -0.1) is 11.3 Å². The van der Waals surface area contributed by atoms with Crippen molar-refractivity contribution in [2.45, 2.75) is 44.6 Å². The summed E-state index contributed by atoms with van der Waals surface area (Å²) in [6, 6.07) is 10.2. The Balaban J connectivity index is 1.34. The van der Waals surface area contributed by atoms with Crippen molar-refractivity contribution in [3.63, 3.8) is 0 Å². The molecule has 1 aliphatic heterocycles. The van der Waals surface area contributed by atoms with Crippen molar-refractivity contribution in [3.8, 4) is 21.8 Å². The number of pyridine rings is 1. The maximum atomic E-state index is 13.5. The van der Waals surface area contributed by atoms with Gasteiger partial charge in [-0.3, -0.25) is 9.78 Å². The van der Waals surface area contributed by atoms with Gasteiger partial charge in [0.15, 0.2) is 5.65 Å². The molecule has 0 spiro atoms. The molecule has 0 N–H and O–H groups in total. The SMILES string of the molecule is O=C(c1ccnc(-c2cnn3ccc(-c4cccs4)nc23)c1)N1CCC[C@@H]2CCCC[C@@H]21. The first-order chi connectivity index (χ1) is 15.8. The number of carbonyl (C=O) groups is 1. The fourth-order valence-electron chi connectivity index (χ4n) is 5.36. The van der Waals surface area contributed by atoms with Crippen LogP contribution in [-0.4, -0.2) is 43.0 Å². The lowest BCUT2D eigenvalue weighted by atomic mass is 9.78. The molecule has 7 heteroatoms. The van der Waals surface area contributed by atoms with Gasteiger partial charge in [0, 0.05) is 30.5 Å². The number of nitrogens with zero attached hydrogens (tertiary/aromatic N) is 5. The highest BCUT2D eigenvalue weighted by atomic mass is 32.1. The molecule has 162 valence electrons. The number of piperidine rings is 1. The lowest BCUT2D eigenvalue weighted by Gasteiger charge is -2.44. The zero-order chi connectivity index (χ0) is 21.5. The first kappa shape index (κ1) is 19.6. The zero-order valence-electron chi connectivity index (χ0n) is 17.9. The van der Waals surface area contributed by atoms with Gasteiger partial charge >= 0.3 is 0 Å². The van der Waals surface area contributed by atoms with Crippen LogP contribution in [0.3, 0.4) is 0 Å². The van der Waals surface area contributed by atoms with Crippen LogP contribution in [0.25, 0.3) is 27.5 Å². The van der Waals surface area contributed by atoms with Gasteiger partial charge in [0.2, 0.25) is 0 Å². The smallest absolute Gasteiger partial charge is 0.254 e. The molecule has 6 rings (SSSR count). The lowest BCUT2D eigenvalue weighted by Crippen LogP contribution is -2.49. The van der Waals surface area contributed by atoms with Crippen LogP contribution in [0.4, 0.5) is 0 Å². The molecule has 0 unspecified atom stereocenters. The van der Waals surface area contributed by atoms with E-state index in [0.29, 0.717) is 17.5 Å². The normalized spacial score (nSPS) is 20.9. The van der Waals surface area contributed by atoms with Crippen LogP contribution in [0, 0.1) is 5.92 Å². The zero-order valence-corrected chi connectivity index (χ0v) is 18.7. The first-order valence-corrected chi connectivity index (χ1v) is 12.3. The van der Waals surface area contributed by atoms with Crippen molar-refractivity contribution in [1.29, 1.82) is 0 Å². The molecule has 6 nitrogen and oxygen atoms in total. The summed E-state index contributed by atoms with van der Waals surface area (Å²) in [5.41, 5.74) is 3.94. The minimum Gasteiger partial charge on any atom is -0.335 e. The second kappa shape index (κ2) is 8.13. The second-order valence-corrected chi connectivity index (χ2v) is 9.75. The predicted octanol–water partition coefficient (Wildman–Crippen LogP) is 5.31. The molecule has 0 aromatic carbocycles. The number of hydrogen-bond acceptors (Lipinski definition) is 5. The van der Waals surface area contributed by atoms with Gasteiger partial charge < -0.3 is 4.90 Å². The largest absolute Gasteiger partial charge is 0.335 e. The quantitative estimate of drug-likeness (QED) is 0.430. The number of thiophene rings is 1. The maximum Gasteiger partial charge on any atom is 0.254 e. The van der Waals surface area contributed by atoms with Gasteiger partial charge in [0.25, 0.3) is 5.91 Å². The Hall–Kier alpha value is -3.06. The summed E-state index contributed by atoms with van der Waals surface area (Å²) in [6.07, 6.45) is 12.7. The molecule has 0 bridgehead atoms. The third-order valence-corrected chi connectivity index (χ3v) is 7.82. The van der Waals surface area contributed by atoms with Crippen LogP contribution >= 0.6 is 11.3 Å². The van der Waals surface area contributed by atoms with E-state index >= 15 is 0 Å². The molecule has 0 radical (unpaired) electrons. The van der Waals surface area contributed by atoms with Gasteiger partial charge in [0.05, 0.1) is 28.0 Å². The van der Waals surface area contributed by atoms with Gasteiger partial charge in [-0.05, 0) is 61.2 Å². The highest BCUT2D eigenvalue weighted by Crippen LogP contribution is 2.36. The molecule has 32 heavy (non-hydrogen) atoms. The third kappa shape index (κ3) is 3.41.